The Morgan fingerprint density at radius 1 is 1.16 bits per heavy atom. The average molecular weight is 342 g/mol. The number of halogens is 1. The van der Waals surface area contributed by atoms with E-state index in [2.05, 4.69) is 4.90 Å². The molecule has 0 aromatic heterocycles. The Labute approximate surface area is 147 Å². The zero-order chi connectivity index (χ0) is 18.0. The first-order chi connectivity index (χ1) is 12.0. The highest BCUT2D eigenvalue weighted by Crippen LogP contribution is 2.25. The zero-order valence-electron chi connectivity index (χ0n) is 14.8. The van der Waals surface area contributed by atoms with E-state index in [1.165, 1.54) is 6.07 Å². The Bertz CT molecular complexity index is 761. The number of benzene rings is 2. The fourth-order valence-corrected chi connectivity index (χ4v) is 3.16. The Hall–Kier alpha value is -2.40. The number of amides is 1. The van der Waals surface area contributed by atoms with E-state index in [-0.39, 0.29) is 17.8 Å². The predicted octanol–water partition coefficient (Wildman–Crippen LogP) is 3.38. The molecule has 1 saturated heterocycles. The molecule has 1 heterocycles. The quantitative estimate of drug-likeness (QED) is 0.854. The highest BCUT2D eigenvalue weighted by atomic mass is 19.1. The van der Waals surface area contributed by atoms with Crippen molar-refractivity contribution in [2.75, 3.05) is 25.1 Å². The highest BCUT2D eigenvalue weighted by molar-refractivity contribution is 5.97. The third-order valence-corrected chi connectivity index (χ3v) is 4.72. The van der Waals surface area contributed by atoms with Crippen LogP contribution in [-0.2, 0) is 11.3 Å². The minimum Gasteiger partial charge on any atom is -0.497 e. The molecule has 2 aromatic rings. The number of nitrogens with zero attached hydrogens (tertiary/aromatic N) is 2. The van der Waals surface area contributed by atoms with Crippen LogP contribution in [0.1, 0.15) is 18.1 Å². The molecule has 132 valence electrons. The van der Waals surface area contributed by atoms with Crippen LogP contribution in [0.3, 0.4) is 0 Å². The molecule has 5 heteroatoms. The fraction of sp³-hybridized carbons (Fsp3) is 0.350. The summed E-state index contributed by atoms with van der Waals surface area (Å²) >= 11 is 0. The molecule has 1 fully saturated rings. The summed E-state index contributed by atoms with van der Waals surface area (Å²) in [5, 5.41) is 0. The first-order valence-corrected chi connectivity index (χ1v) is 8.44. The molecule has 4 nitrogen and oxygen atoms in total. The van der Waals surface area contributed by atoms with E-state index in [9.17, 15) is 9.18 Å². The van der Waals surface area contributed by atoms with Crippen molar-refractivity contribution in [3.8, 4) is 5.75 Å². The van der Waals surface area contributed by atoms with E-state index in [1.807, 2.05) is 38.1 Å². The van der Waals surface area contributed by atoms with Gasteiger partial charge in [0.2, 0.25) is 5.91 Å². The first-order valence-electron chi connectivity index (χ1n) is 8.44. The molecule has 0 saturated carbocycles. The Morgan fingerprint density at radius 3 is 2.56 bits per heavy atom. The van der Waals surface area contributed by atoms with E-state index in [1.54, 1.807) is 24.1 Å². The molecule has 25 heavy (non-hydrogen) atoms. The molecule has 0 radical (unpaired) electrons. The second-order valence-corrected chi connectivity index (χ2v) is 6.44. The van der Waals surface area contributed by atoms with Gasteiger partial charge in [0, 0.05) is 19.6 Å². The monoisotopic (exact) mass is 342 g/mol. The van der Waals surface area contributed by atoms with Crippen molar-refractivity contribution in [1.29, 1.82) is 0 Å². The van der Waals surface area contributed by atoms with Crippen LogP contribution in [0.4, 0.5) is 10.1 Å². The number of piperazine rings is 1. The van der Waals surface area contributed by atoms with Gasteiger partial charge in [0.25, 0.3) is 0 Å². The lowest BCUT2D eigenvalue weighted by atomic mass is 10.1. The normalized spacial score (nSPS) is 18.5. The summed E-state index contributed by atoms with van der Waals surface area (Å²) in [5.74, 6) is 0.395. The van der Waals surface area contributed by atoms with Crippen LogP contribution >= 0.6 is 0 Å². The second-order valence-electron chi connectivity index (χ2n) is 6.44. The molecule has 1 aliphatic heterocycles. The number of carbonyl (C=O) groups excluding carboxylic acids is 1. The number of hydrogen-bond donors (Lipinski definition) is 0. The molecule has 1 amide bonds. The second kappa shape index (κ2) is 7.23. The summed E-state index contributed by atoms with van der Waals surface area (Å²) in [6.07, 6.45) is 0. The molecule has 0 spiro atoms. The van der Waals surface area contributed by atoms with Gasteiger partial charge < -0.3 is 9.64 Å². The lowest BCUT2D eigenvalue weighted by Gasteiger charge is -2.39. The number of carbonyl (C=O) groups is 1. The van der Waals surface area contributed by atoms with Gasteiger partial charge in [0.15, 0.2) is 0 Å². The Balaban J connectivity index is 1.73. The van der Waals surface area contributed by atoms with Crippen LogP contribution in [0.5, 0.6) is 5.75 Å². The van der Waals surface area contributed by atoms with Crippen molar-refractivity contribution in [1.82, 2.24) is 4.90 Å². The number of methoxy groups -OCH3 is 1. The van der Waals surface area contributed by atoms with Gasteiger partial charge in [-0.05, 0) is 49.2 Å². The summed E-state index contributed by atoms with van der Waals surface area (Å²) in [5.41, 5.74) is 2.44. The van der Waals surface area contributed by atoms with Gasteiger partial charge in [-0.1, -0.05) is 18.2 Å². The average Bonchev–Trinajstić information content (AvgIpc) is 2.62. The summed E-state index contributed by atoms with van der Waals surface area (Å²) in [6.45, 7) is 5.65. The maximum Gasteiger partial charge on any atom is 0.244 e. The summed E-state index contributed by atoms with van der Waals surface area (Å²) in [7, 11) is 1.64. The van der Waals surface area contributed by atoms with Crippen molar-refractivity contribution in [2.45, 2.75) is 26.4 Å². The highest BCUT2D eigenvalue weighted by Gasteiger charge is 2.33. The minimum atomic E-state index is -0.352. The number of ether oxygens (including phenoxy) is 1. The molecule has 0 aliphatic carbocycles. The number of aryl methyl sites for hydroxylation is 1. The minimum absolute atomic E-state index is 0.0655. The molecular formula is C20H23FN2O2. The van der Waals surface area contributed by atoms with Crippen LogP contribution in [0, 0.1) is 12.7 Å². The molecule has 2 aromatic carbocycles. The molecule has 0 bridgehead atoms. The summed E-state index contributed by atoms with van der Waals surface area (Å²) in [4.78, 5) is 16.5. The predicted molar refractivity (Wildman–Crippen MR) is 96.4 cm³/mol. The summed E-state index contributed by atoms with van der Waals surface area (Å²) < 4.78 is 19.3. The Kier molecular flexibility index (Phi) is 5.04. The molecule has 1 aliphatic rings. The lowest BCUT2D eigenvalue weighted by molar-refractivity contribution is -0.125. The van der Waals surface area contributed by atoms with Crippen molar-refractivity contribution < 1.29 is 13.9 Å². The van der Waals surface area contributed by atoms with E-state index in [4.69, 9.17) is 4.74 Å². The van der Waals surface area contributed by atoms with Crippen molar-refractivity contribution in [3.05, 3.63) is 59.4 Å². The van der Waals surface area contributed by atoms with Crippen molar-refractivity contribution in [3.63, 3.8) is 0 Å². The van der Waals surface area contributed by atoms with Gasteiger partial charge in [-0.25, -0.2) is 4.39 Å². The number of hydrogen-bond acceptors (Lipinski definition) is 3. The zero-order valence-corrected chi connectivity index (χ0v) is 14.8. The van der Waals surface area contributed by atoms with Gasteiger partial charge in [0.05, 0.1) is 18.8 Å². The molecule has 0 N–H and O–H groups in total. The van der Waals surface area contributed by atoms with Gasteiger partial charge in [-0.2, -0.15) is 0 Å². The standard InChI is InChI=1S/C20H23FN2O2/c1-14-4-9-18(21)19(12-14)23-11-10-22(15(2)20(23)24)13-16-5-7-17(25-3)8-6-16/h4-9,12,15H,10-11,13H2,1-3H3. The van der Waals surface area contributed by atoms with Gasteiger partial charge >= 0.3 is 0 Å². The van der Waals surface area contributed by atoms with Crippen LogP contribution in [0.2, 0.25) is 0 Å². The first kappa shape index (κ1) is 17.4. The fourth-order valence-electron chi connectivity index (χ4n) is 3.16. The van der Waals surface area contributed by atoms with Crippen molar-refractivity contribution in [2.24, 2.45) is 0 Å². The van der Waals surface area contributed by atoms with E-state index < -0.39 is 0 Å². The molecule has 3 rings (SSSR count). The smallest absolute Gasteiger partial charge is 0.244 e. The van der Waals surface area contributed by atoms with Crippen molar-refractivity contribution >= 4 is 11.6 Å². The largest absolute Gasteiger partial charge is 0.497 e. The van der Waals surface area contributed by atoms with Gasteiger partial charge in [0.1, 0.15) is 11.6 Å². The van der Waals surface area contributed by atoms with Crippen LogP contribution < -0.4 is 9.64 Å². The molecule has 1 atom stereocenters. The van der Waals surface area contributed by atoms with Crippen LogP contribution in [0.15, 0.2) is 42.5 Å². The van der Waals surface area contributed by atoms with Crippen LogP contribution in [-0.4, -0.2) is 37.0 Å². The van der Waals surface area contributed by atoms with Crippen LogP contribution in [0.25, 0.3) is 0 Å². The van der Waals surface area contributed by atoms with E-state index in [0.29, 0.717) is 25.3 Å². The SMILES string of the molecule is COc1ccc(CN2CCN(c3cc(C)ccc3F)C(=O)C2C)cc1. The molecule has 1 unspecified atom stereocenters. The third kappa shape index (κ3) is 3.66. The summed E-state index contributed by atoms with van der Waals surface area (Å²) in [6, 6.07) is 12.4. The third-order valence-electron chi connectivity index (χ3n) is 4.72. The molecular weight excluding hydrogens is 319 g/mol. The van der Waals surface area contributed by atoms with E-state index >= 15 is 0 Å². The number of anilines is 1. The topological polar surface area (TPSA) is 32.8 Å². The Morgan fingerprint density at radius 2 is 1.88 bits per heavy atom. The van der Waals surface area contributed by atoms with Gasteiger partial charge in [-0.15, -0.1) is 0 Å². The number of rotatable bonds is 4. The maximum absolute atomic E-state index is 14.2. The lowest BCUT2D eigenvalue weighted by Crippen LogP contribution is -2.55. The maximum atomic E-state index is 14.2. The van der Waals surface area contributed by atoms with E-state index in [0.717, 1.165) is 16.9 Å². The van der Waals surface area contributed by atoms with Gasteiger partial charge in [-0.3, -0.25) is 9.69 Å².